The van der Waals surface area contributed by atoms with E-state index in [0.717, 1.165) is 13.1 Å². The van der Waals surface area contributed by atoms with Gasteiger partial charge in [0.2, 0.25) is 5.91 Å². The van der Waals surface area contributed by atoms with Crippen LogP contribution in [0.25, 0.3) is 0 Å². The van der Waals surface area contributed by atoms with E-state index in [9.17, 15) is 4.79 Å². The maximum Gasteiger partial charge on any atom is 0.225 e. The van der Waals surface area contributed by atoms with Gasteiger partial charge in [-0.05, 0) is 31.8 Å². The molecule has 94 valence electrons. The van der Waals surface area contributed by atoms with Crippen molar-refractivity contribution in [2.45, 2.75) is 38.6 Å². The quantitative estimate of drug-likeness (QED) is 0.822. The minimum atomic E-state index is 0. The van der Waals surface area contributed by atoms with Crippen LogP contribution in [0.3, 0.4) is 0 Å². The number of hydrogen-bond donors (Lipinski definition) is 1. The van der Waals surface area contributed by atoms with Crippen LogP contribution in [0.2, 0.25) is 0 Å². The third-order valence-electron chi connectivity index (χ3n) is 4.13. The molecule has 3 nitrogen and oxygen atoms in total. The summed E-state index contributed by atoms with van der Waals surface area (Å²) in [5.41, 5.74) is 0. The van der Waals surface area contributed by atoms with Crippen molar-refractivity contribution in [2.75, 3.05) is 20.1 Å². The van der Waals surface area contributed by atoms with Gasteiger partial charge in [-0.3, -0.25) is 4.79 Å². The molecule has 1 saturated carbocycles. The minimum Gasteiger partial charge on any atom is -0.343 e. The van der Waals surface area contributed by atoms with E-state index in [-0.39, 0.29) is 18.3 Å². The van der Waals surface area contributed by atoms with Crippen LogP contribution in [-0.2, 0) is 4.79 Å². The fraction of sp³-hybridized carbons (Fsp3) is 0.917. The van der Waals surface area contributed by atoms with Crippen molar-refractivity contribution in [2.24, 2.45) is 11.8 Å². The van der Waals surface area contributed by atoms with E-state index in [1.165, 1.54) is 25.7 Å². The van der Waals surface area contributed by atoms with E-state index in [2.05, 4.69) is 12.2 Å². The van der Waals surface area contributed by atoms with E-state index in [0.29, 0.717) is 17.9 Å². The second-order valence-corrected chi connectivity index (χ2v) is 5.09. The number of halogens is 1. The highest BCUT2D eigenvalue weighted by Gasteiger charge is 2.33. The maximum atomic E-state index is 12.2. The highest BCUT2D eigenvalue weighted by Crippen LogP contribution is 2.25. The molecule has 2 aliphatic rings. The molecule has 1 amide bonds. The summed E-state index contributed by atoms with van der Waals surface area (Å²) in [6.45, 7) is 4.12. The summed E-state index contributed by atoms with van der Waals surface area (Å²) in [5, 5.41) is 3.23. The van der Waals surface area contributed by atoms with Gasteiger partial charge in [-0.25, -0.2) is 0 Å². The molecule has 2 fully saturated rings. The van der Waals surface area contributed by atoms with Gasteiger partial charge < -0.3 is 10.2 Å². The maximum absolute atomic E-state index is 12.2. The van der Waals surface area contributed by atoms with Crippen molar-refractivity contribution in [3.05, 3.63) is 0 Å². The second kappa shape index (κ2) is 5.87. The number of rotatable bonds is 3. The summed E-state index contributed by atoms with van der Waals surface area (Å²) in [6, 6.07) is 0.521. The van der Waals surface area contributed by atoms with Crippen molar-refractivity contribution >= 4 is 18.3 Å². The van der Waals surface area contributed by atoms with Crippen molar-refractivity contribution < 1.29 is 4.79 Å². The van der Waals surface area contributed by atoms with E-state index < -0.39 is 0 Å². The predicted octanol–water partition coefficient (Wildman–Crippen LogP) is 1.66. The van der Waals surface area contributed by atoms with Crippen molar-refractivity contribution in [3.8, 4) is 0 Å². The molecule has 0 aromatic heterocycles. The molecule has 0 aromatic rings. The zero-order valence-electron chi connectivity index (χ0n) is 10.2. The second-order valence-electron chi connectivity index (χ2n) is 5.09. The SMILES string of the molecule is CC(C(=O)N(C)C1CCCC1)C1CNC1.Cl. The molecule has 1 aliphatic heterocycles. The molecule has 16 heavy (non-hydrogen) atoms. The van der Waals surface area contributed by atoms with Gasteiger partial charge in [0.15, 0.2) is 0 Å². The normalized spacial score (nSPS) is 23.4. The molecule has 0 radical (unpaired) electrons. The standard InChI is InChI=1S/C12H22N2O.ClH/c1-9(10-7-13-8-10)12(15)14(2)11-5-3-4-6-11;/h9-11,13H,3-8H2,1-2H3;1H. The lowest BCUT2D eigenvalue weighted by molar-refractivity contribution is -0.138. The Balaban J connectivity index is 0.00000128. The molecule has 1 aliphatic carbocycles. The van der Waals surface area contributed by atoms with Crippen molar-refractivity contribution in [1.82, 2.24) is 10.2 Å². The van der Waals surface area contributed by atoms with Gasteiger partial charge in [0.1, 0.15) is 0 Å². The van der Waals surface area contributed by atoms with E-state index in [4.69, 9.17) is 0 Å². The summed E-state index contributed by atoms with van der Waals surface area (Å²) in [6.07, 6.45) is 5.00. The van der Waals surface area contributed by atoms with Gasteiger partial charge in [-0.15, -0.1) is 12.4 Å². The molecule has 1 heterocycles. The number of carbonyl (C=O) groups excluding carboxylic acids is 1. The topological polar surface area (TPSA) is 32.3 Å². The molecule has 4 heteroatoms. The van der Waals surface area contributed by atoms with Crippen LogP contribution >= 0.6 is 12.4 Å². The zero-order valence-corrected chi connectivity index (χ0v) is 11.1. The van der Waals surface area contributed by atoms with Crippen LogP contribution in [-0.4, -0.2) is 37.0 Å². The largest absolute Gasteiger partial charge is 0.343 e. The van der Waals surface area contributed by atoms with Crippen molar-refractivity contribution in [1.29, 1.82) is 0 Å². The van der Waals surface area contributed by atoms with Gasteiger partial charge in [0, 0.05) is 19.0 Å². The smallest absolute Gasteiger partial charge is 0.225 e. The number of hydrogen-bond acceptors (Lipinski definition) is 2. The van der Waals surface area contributed by atoms with Crippen LogP contribution in [0.5, 0.6) is 0 Å². The molecular weight excluding hydrogens is 224 g/mol. The Labute approximate surface area is 104 Å². The fourth-order valence-corrected chi connectivity index (χ4v) is 2.66. The highest BCUT2D eigenvalue weighted by molar-refractivity contribution is 5.85. The van der Waals surface area contributed by atoms with Gasteiger partial charge in [0.05, 0.1) is 0 Å². The molecular formula is C12H23ClN2O. The Morgan fingerprint density at radius 3 is 2.31 bits per heavy atom. The lowest BCUT2D eigenvalue weighted by Gasteiger charge is -2.35. The molecule has 0 bridgehead atoms. The summed E-state index contributed by atoms with van der Waals surface area (Å²) < 4.78 is 0. The van der Waals surface area contributed by atoms with Crippen LogP contribution < -0.4 is 5.32 Å². The first-order chi connectivity index (χ1) is 7.20. The number of amides is 1. The van der Waals surface area contributed by atoms with Gasteiger partial charge in [-0.2, -0.15) is 0 Å². The number of nitrogens with one attached hydrogen (secondary N) is 1. The van der Waals surface area contributed by atoms with Crippen LogP contribution in [0, 0.1) is 11.8 Å². The summed E-state index contributed by atoms with van der Waals surface area (Å²) in [7, 11) is 1.99. The van der Waals surface area contributed by atoms with Crippen molar-refractivity contribution in [3.63, 3.8) is 0 Å². The molecule has 1 N–H and O–H groups in total. The first kappa shape index (κ1) is 13.8. The molecule has 1 saturated heterocycles. The summed E-state index contributed by atoms with van der Waals surface area (Å²) in [4.78, 5) is 14.2. The molecule has 2 rings (SSSR count). The Bertz CT molecular complexity index is 237. The molecule has 1 unspecified atom stereocenters. The lowest BCUT2D eigenvalue weighted by atomic mass is 9.87. The highest BCUT2D eigenvalue weighted by atomic mass is 35.5. The van der Waals surface area contributed by atoms with Crippen LogP contribution in [0.1, 0.15) is 32.6 Å². The Kier molecular flexibility index (Phi) is 5.06. The Morgan fingerprint density at radius 2 is 1.88 bits per heavy atom. The molecule has 0 spiro atoms. The number of carbonyl (C=O) groups is 1. The summed E-state index contributed by atoms with van der Waals surface area (Å²) >= 11 is 0. The molecule has 1 atom stereocenters. The average Bonchev–Trinajstić information content (AvgIpc) is 2.65. The Hall–Kier alpha value is -0.280. The van der Waals surface area contributed by atoms with Gasteiger partial charge >= 0.3 is 0 Å². The lowest BCUT2D eigenvalue weighted by Crippen LogP contribution is -2.51. The Morgan fingerprint density at radius 1 is 1.31 bits per heavy atom. The molecule has 0 aromatic carbocycles. The van der Waals surface area contributed by atoms with Gasteiger partial charge in [0.25, 0.3) is 0 Å². The van der Waals surface area contributed by atoms with E-state index in [1.807, 2.05) is 11.9 Å². The third kappa shape index (κ3) is 2.69. The zero-order chi connectivity index (χ0) is 10.8. The minimum absolute atomic E-state index is 0. The first-order valence-corrected chi connectivity index (χ1v) is 6.17. The van der Waals surface area contributed by atoms with Gasteiger partial charge in [-0.1, -0.05) is 19.8 Å². The van der Waals surface area contributed by atoms with Crippen LogP contribution in [0.4, 0.5) is 0 Å². The van der Waals surface area contributed by atoms with Crippen LogP contribution in [0.15, 0.2) is 0 Å². The van der Waals surface area contributed by atoms with E-state index in [1.54, 1.807) is 0 Å². The number of nitrogens with zero attached hydrogens (tertiary/aromatic N) is 1. The average molecular weight is 247 g/mol. The summed E-state index contributed by atoms with van der Waals surface area (Å²) in [5.74, 6) is 1.13. The third-order valence-corrected chi connectivity index (χ3v) is 4.13. The van der Waals surface area contributed by atoms with E-state index >= 15 is 0 Å². The predicted molar refractivity (Wildman–Crippen MR) is 67.8 cm³/mol. The monoisotopic (exact) mass is 246 g/mol. The first-order valence-electron chi connectivity index (χ1n) is 6.17. The fourth-order valence-electron chi connectivity index (χ4n) is 2.66.